The maximum Gasteiger partial charge on any atom is 0.407 e. The van der Waals surface area contributed by atoms with Crippen molar-refractivity contribution in [3.63, 3.8) is 0 Å². The summed E-state index contributed by atoms with van der Waals surface area (Å²) in [4.78, 5) is 35.9. The summed E-state index contributed by atoms with van der Waals surface area (Å²) >= 11 is 1.28. The number of hydrogen-bond acceptors (Lipinski definition) is 8. The van der Waals surface area contributed by atoms with Gasteiger partial charge in [0.1, 0.15) is 24.3 Å². The Morgan fingerprint density at radius 3 is 2.23 bits per heavy atom. The molecular formula is C16H25N2O7S+. The number of carbonyl (C=O) groups is 3. The molecule has 0 bridgehead atoms. The highest BCUT2D eigenvalue weighted by atomic mass is 32.2. The summed E-state index contributed by atoms with van der Waals surface area (Å²) in [5, 5.41) is 0.605. The first-order valence-electron chi connectivity index (χ1n) is 7.95. The molecule has 1 heterocycles. The molecule has 1 rings (SSSR count). The minimum atomic E-state index is -0.882. The maximum absolute atomic E-state index is 11.5. The Morgan fingerprint density at radius 2 is 1.77 bits per heavy atom. The smallest absolute Gasteiger partial charge is 0.407 e. The lowest BCUT2D eigenvalue weighted by molar-refractivity contribution is -0.204. The first-order chi connectivity index (χ1) is 12.1. The SMILES string of the molecule is C=[N+]=C(SC1CC(OC(C)=O)C(OC(C)=O)C(COC(C)=O)O1)N(C)C. The lowest BCUT2D eigenvalue weighted by Gasteiger charge is -2.39. The molecule has 4 unspecified atom stereocenters. The fourth-order valence-corrected chi connectivity index (χ4v) is 3.38. The Labute approximate surface area is 156 Å². The van der Waals surface area contributed by atoms with Crippen molar-refractivity contribution in [1.82, 2.24) is 9.57 Å². The van der Waals surface area contributed by atoms with E-state index in [0.717, 1.165) is 0 Å². The number of carbonyl (C=O) groups excluding carboxylic acids is 3. The molecule has 10 heteroatoms. The van der Waals surface area contributed by atoms with Gasteiger partial charge in [0.25, 0.3) is 0 Å². The van der Waals surface area contributed by atoms with Crippen LogP contribution in [0.1, 0.15) is 27.2 Å². The molecule has 0 N–H and O–H groups in total. The molecule has 1 saturated heterocycles. The third kappa shape index (κ3) is 7.07. The van der Waals surface area contributed by atoms with Gasteiger partial charge in [-0.25, -0.2) is 9.57 Å². The van der Waals surface area contributed by atoms with Crippen molar-refractivity contribution >= 4 is 41.6 Å². The molecule has 0 spiro atoms. The van der Waals surface area contributed by atoms with Crippen LogP contribution in [0.15, 0.2) is 0 Å². The van der Waals surface area contributed by atoms with Crippen molar-refractivity contribution in [2.45, 2.75) is 50.9 Å². The lowest BCUT2D eigenvalue weighted by Crippen LogP contribution is -2.53. The molecule has 0 radical (unpaired) electrons. The van der Waals surface area contributed by atoms with Crippen LogP contribution in [0, 0.1) is 0 Å². The average Bonchev–Trinajstić information content (AvgIpc) is 2.51. The second-order valence-electron chi connectivity index (χ2n) is 5.82. The summed E-state index contributed by atoms with van der Waals surface area (Å²) in [6.07, 6.45) is -2.14. The van der Waals surface area contributed by atoms with Gasteiger partial charge < -0.3 is 18.9 Å². The molecule has 0 aromatic rings. The summed E-state index contributed by atoms with van der Waals surface area (Å²) in [5.74, 6) is -1.56. The highest BCUT2D eigenvalue weighted by molar-refractivity contribution is 8.14. The van der Waals surface area contributed by atoms with E-state index >= 15 is 0 Å². The molecule has 0 amide bonds. The van der Waals surface area contributed by atoms with Gasteiger partial charge in [-0.15, -0.1) is 0 Å². The van der Waals surface area contributed by atoms with Gasteiger partial charge in [-0.05, 0) is 0 Å². The Morgan fingerprint density at radius 1 is 1.15 bits per heavy atom. The molecule has 1 aliphatic rings. The Kier molecular flexibility index (Phi) is 8.64. The summed E-state index contributed by atoms with van der Waals surface area (Å²) in [5.41, 5.74) is -0.463. The summed E-state index contributed by atoms with van der Waals surface area (Å²) in [6.45, 7) is 7.16. The molecule has 0 aliphatic carbocycles. The molecule has 9 nitrogen and oxygen atoms in total. The highest BCUT2D eigenvalue weighted by Gasteiger charge is 2.45. The lowest BCUT2D eigenvalue weighted by atomic mass is 10.0. The highest BCUT2D eigenvalue weighted by Crippen LogP contribution is 2.32. The third-order valence-corrected chi connectivity index (χ3v) is 4.58. The van der Waals surface area contributed by atoms with Crippen LogP contribution >= 0.6 is 11.8 Å². The van der Waals surface area contributed by atoms with E-state index in [1.807, 2.05) is 0 Å². The predicted octanol–water partition coefficient (Wildman–Crippen LogP) is -0.0535. The van der Waals surface area contributed by atoms with Crippen LogP contribution in [0.3, 0.4) is 0 Å². The summed E-state index contributed by atoms with van der Waals surface area (Å²) in [7, 11) is 3.61. The van der Waals surface area contributed by atoms with Crippen LogP contribution in [-0.4, -0.2) is 79.1 Å². The van der Waals surface area contributed by atoms with Crippen LogP contribution in [0.5, 0.6) is 0 Å². The van der Waals surface area contributed by atoms with Crippen LogP contribution in [0.25, 0.3) is 0 Å². The maximum atomic E-state index is 11.5. The van der Waals surface area contributed by atoms with Gasteiger partial charge in [0, 0.05) is 39.0 Å². The van der Waals surface area contributed by atoms with Crippen molar-refractivity contribution in [3.05, 3.63) is 0 Å². The summed E-state index contributed by atoms with van der Waals surface area (Å²) in [6, 6.07) is 0. The first kappa shape index (κ1) is 22.0. The van der Waals surface area contributed by atoms with Gasteiger partial charge in [0.2, 0.25) is 0 Å². The van der Waals surface area contributed by atoms with Crippen LogP contribution in [0.4, 0.5) is 0 Å². The van der Waals surface area contributed by atoms with Crippen molar-refractivity contribution in [2.24, 2.45) is 0 Å². The van der Waals surface area contributed by atoms with Gasteiger partial charge in [0.05, 0.1) is 14.1 Å². The minimum absolute atomic E-state index is 0.138. The van der Waals surface area contributed by atoms with E-state index in [-0.39, 0.29) is 13.0 Å². The number of thioether (sulfide) groups is 1. The first-order valence-corrected chi connectivity index (χ1v) is 8.82. The average molecular weight is 389 g/mol. The standard InChI is InChI=1S/C16H25N2O7S/c1-9(19)22-8-13-15(24-11(3)21)12(23-10(2)20)7-14(25-13)26-16(17-4)18(5)6/h12-15H,4,7-8H2,1-3,5-6H3/q+1. The van der Waals surface area contributed by atoms with Crippen LogP contribution in [-0.2, 0) is 33.3 Å². The van der Waals surface area contributed by atoms with Crippen molar-refractivity contribution in [2.75, 3.05) is 20.7 Å². The van der Waals surface area contributed by atoms with Crippen LogP contribution in [0.2, 0.25) is 0 Å². The molecule has 146 valence electrons. The number of hydrogen-bond donors (Lipinski definition) is 0. The van der Waals surface area contributed by atoms with Gasteiger partial charge in [-0.1, -0.05) is 0 Å². The van der Waals surface area contributed by atoms with Gasteiger partial charge >= 0.3 is 23.1 Å². The number of amidine groups is 1. The van der Waals surface area contributed by atoms with Crippen molar-refractivity contribution in [1.29, 1.82) is 0 Å². The van der Waals surface area contributed by atoms with E-state index in [4.69, 9.17) is 18.9 Å². The topological polar surface area (TPSA) is 105 Å². The molecular weight excluding hydrogens is 364 g/mol. The third-order valence-electron chi connectivity index (χ3n) is 3.31. The summed E-state index contributed by atoms with van der Waals surface area (Å²) < 4.78 is 25.5. The zero-order valence-corrected chi connectivity index (χ0v) is 16.4. The monoisotopic (exact) mass is 389 g/mol. The van der Waals surface area contributed by atoms with Crippen molar-refractivity contribution < 1.29 is 33.3 Å². The van der Waals surface area contributed by atoms with Gasteiger partial charge in [0.15, 0.2) is 12.8 Å². The quantitative estimate of drug-likeness (QED) is 0.210. The van der Waals surface area contributed by atoms with Crippen LogP contribution < -0.4 is 4.67 Å². The molecule has 0 aromatic carbocycles. The molecule has 1 fully saturated rings. The van der Waals surface area contributed by atoms with E-state index in [1.165, 1.54) is 32.5 Å². The fourth-order valence-electron chi connectivity index (χ4n) is 2.37. The predicted molar refractivity (Wildman–Crippen MR) is 96.6 cm³/mol. The second kappa shape index (κ2) is 10.2. The van der Waals surface area contributed by atoms with E-state index in [1.54, 1.807) is 19.0 Å². The molecule has 0 aromatic heterocycles. The number of rotatable bonds is 5. The molecule has 0 saturated carbocycles. The molecule has 4 atom stereocenters. The van der Waals surface area contributed by atoms with Crippen molar-refractivity contribution in [3.8, 4) is 0 Å². The normalized spacial score (nSPS) is 24.8. The number of nitrogens with zero attached hydrogens (tertiary/aromatic N) is 2. The molecule has 1 aliphatic heterocycles. The number of ether oxygens (including phenoxy) is 4. The largest absolute Gasteiger partial charge is 0.463 e. The minimum Gasteiger partial charge on any atom is -0.463 e. The zero-order valence-electron chi connectivity index (χ0n) is 15.6. The van der Waals surface area contributed by atoms with E-state index in [2.05, 4.69) is 11.4 Å². The van der Waals surface area contributed by atoms with E-state index in [9.17, 15) is 14.4 Å². The second-order valence-corrected chi connectivity index (χ2v) is 6.94. The Bertz CT molecular complexity index is 589. The Hall–Kier alpha value is -2.03. The zero-order chi connectivity index (χ0) is 19.9. The van der Waals surface area contributed by atoms with Gasteiger partial charge in [-0.2, -0.15) is 0 Å². The Balaban J connectivity index is 3.04. The fraction of sp³-hybridized carbons (Fsp3) is 0.688. The molecule has 26 heavy (non-hydrogen) atoms. The van der Waals surface area contributed by atoms with E-state index < -0.39 is 41.7 Å². The van der Waals surface area contributed by atoms with E-state index in [0.29, 0.717) is 5.17 Å². The number of esters is 3. The van der Waals surface area contributed by atoms with Gasteiger partial charge in [-0.3, -0.25) is 14.4 Å².